The molecule has 0 saturated carbocycles. The lowest BCUT2D eigenvalue weighted by atomic mass is 9.95. The van der Waals surface area contributed by atoms with Crippen LogP contribution >= 0.6 is 0 Å². The molecule has 5 heterocycles. The number of fused-ring (bicyclic) bond motifs is 3. The Balaban J connectivity index is 1.34. The molecule has 3 atom stereocenters. The molecular weight excluding hydrogens is 599 g/mol. The average molecular weight is 632 g/mol. The highest BCUT2D eigenvalue weighted by atomic mass is 19.1. The summed E-state index contributed by atoms with van der Waals surface area (Å²) in [5.74, 6) is -0.872. The number of aryl methyl sites for hydroxylation is 1. The minimum absolute atomic E-state index is 0.0166. The van der Waals surface area contributed by atoms with Crippen LogP contribution in [0.2, 0.25) is 0 Å². The first-order valence-corrected chi connectivity index (χ1v) is 15.4. The summed E-state index contributed by atoms with van der Waals surface area (Å²) < 4.78 is 52.0. The number of amides is 1. The van der Waals surface area contributed by atoms with Crippen molar-refractivity contribution in [3.8, 4) is 23.3 Å². The van der Waals surface area contributed by atoms with Crippen LogP contribution in [0.3, 0.4) is 0 Å². The third kappa shape index (κ3) is 5.01. The number of hydrogen-bond acceptors (Lipinski definition) is 8. The molecule has 3 saturated heterocycles. The molecule has 0 bridgehead atoms. The average Bonchev–Trinajstić information content (AvgIpc) is 3.57. The Morgan fingerprint density at radius 2 is 2.02 bits per heavy atom. The van der Waals surface area contributed by atoms with Crippen molar-refractivity contribution < 1.29 is 27.8 Å². The third-order valence-corrected chi connectivity index (χ3v) is 9.72. The van der Waals surface area contributed by atoms with E-state index in [1.54, 1.807) is 30.0 Å². The number of nitriles is 1. The fraction of sp³-hybridized carbons (Fsp3) is 0.424. The summed E-state index contributed by atoms with van der Waals surface area (Å²) in [6.07, 6.45) is 1.36. The summed E-state index contributed by atoms with van der Waals surface area (Å²) in [7, 11) is 0. The Labute approximate surface area is 263 Å². The molecule has 0 unspecified atom stereocenters. The molecule has 7 rings (SSSR count). The molecule has 46 heavy (non-hydrogen) atoms. The van der Waals surface area contributed by atoms with Crippen LogP contribution in [0.15, 0.2) is 36.5 Å². The van der Waals surface area contributed by atoms with Crippen molar-refractivity contribution in [3.63, 3.8) is 0 Å². The monoisotopic (exact) mass is 631 g/mol. The second-order valence-corrected chi connectivity index (χ2v) is 12.4. The number of rotatable bonds is 6. The van der Waals surface area contributed by atoms with Crippen molar-refractivity contribution in [1.82, 2.24) is 24.8 Å². The van der Waals surface area contributed by atoms with Gasteiger partial charge >= 0.3 is 12.1 Å². The van der Waals surface area contributed by atoms with E-state index in [-0.39, 0.29) is 55.3 Å². The molecule has 238 valence electrons. The lowest BCUT2D eigenvalue weighted by Gasteiger charge is -2.40. The van der Waals surface area contributed by atoms with E-state index >= 15 is 4.39 Å². The summed E-state index contributed by atoms with van der Waals surface area (Å²) in [4.78, 5) is 30.7. The molecule has 1 N–H and O–H groups in total. The number of benzene rings is 2. The van der Waals surface area contributed by atoms with Gasteiger partial charge in [-0.1, -0.05) is 24.3 Å². The Morgan fingerprint density at radius 1 is 1.17 bits per heavy atom. The van der Waals surface area contributed by atoms with Crippen molar-refractivity contribution in [3.05, 3.63) is 53.7 Å². The zero-order valence-electron chi connectivity index (χ0n) is 25.2. The zero-order valence-corrected chi connectivity index (χ0v) is 25.2. The largest absolute Gasteiger partial charge is 0.465 e. The van der Waals surface area contributed by atoms with Crippen LogP contribution in [0.5, 0.6) is 6.01 Å². The first kappa shape index (κ1) is 30.0. The number of piperazine rings is 1. The number of hydrogen-bond donors (Lipinski definition) is 1. The van der Waals surface area contributed by atoms with Crippen molar-refractivity contribution in [2.24, 2.45) is 0 Å². The van der Waals surface area contributed by atoms with Gasteiger partial charge in [0.25, 0.3) is 0 Å². The second kappa shape index (κ2) is 11.6. The van der Waals surface area contributed by atoms with Crippen molar-refractivity contribution in [2.75, 3.05) is 44.2 Å². The van der Waals surface area contributed by atoms with E-state index in [1.807, 2.05) is 6.07 Å². The maximum absolute atomic E-state index is 16.7. The second-order valence-electron chi connectivity index (χ2n) is 12.4. The Bertz CT molecular complexity index is 1900. The van der Waals surface area contributed by atoms with Crippen LogP contribution in [-0.4, -0.2) is 93.0 Å². The normalized spacial score (nSPS) is 23.2. The van der Waals surface area contributed by atoms with Crippen molar-refractivity contribution in [1.29, 1.82) is 5.26 Å². The fourth-order valence-electron chi connectivity index (χ4n) is 7.47. The smallest absolute Gasteiger partial charge is 0.407 e. The van der Waals surface area contributed by atoms with Gasteiger partial charge in [-0.2, -0.15) is 15.2 Å². The van der Waals surface area contributed by atoms with E-state index in [9.17, 15) is 23.9 Å². The molecule has 0 spiro atoms. The Kier molecular flexibility index (Phi) is 7.55. The van der Waals surface area contributed by atoms with Gasteiger partial charge in [-0.25, -0.2) is 18.0 Å². The number of ether oxygens (including phenoxy) is 1. The van der Waals surface area contributed by atoms with Gasteiger partial charge in [0.05, 0.1) is 29.5 Å². The SMILES string of the molecule is Cc1c(F)ccc2cccc(-c3ncc4c(N5CCN(C(=O)O)[C@@H](CC#N)C5)nc(OC[C@@]56CCCN5C[C@H](F)C6)nc4c3F)c12. The highest BCUT2D eigenvalue weighted by molar-refractivity contribution is 6.00. The van der Waals surface area contributed by atoms with E-state index in [4.69, 9.17) is 4.74 Å². The topological polar surface area (TPSA) is 119 Å². The lowest BCUT2D eigenvalue weighted by molar-refractivity contribution is 0.107. The van der Waals surface area contributed by atoms with Crippen molar-refractivity contribution in [2.45, 2.75) is 50.4 Å². The number of nitrogens with zero attached hydrogens (tertiary/aromatic N) is 7. The highest BCUT2D eigenvalue weighted by Crippen LogP contribution is 2.41. The van der Waals surface area contributed by atoms with Gasteiger partial charge in [-0.3, -0.25) is 9.88 Å². The predicted molar refractivity (Wildman–Crippen MR) is 164 cm³/mol. The van der Waals surface area contributed by atoms with Crippen LogP contribution in [0.25, 0.3) is 32.9 Å². The summed E-state index contributed by atoms with van der Waals surface area (Å²) in [6.45, 7) is 3.35. The third-order valence-electron chi connectivity index (χ3n) is 9.72. The van der Waals surface area contributed by atoms with Gasteiger partial charge in [0, 0.05) is 44.4 Å². The molecular formula is C33H32F3N7O3. The van der Waals surface area contributed by atoms with Gasteiger partial charge in [0.2, 0.25) is 0 Å². The van der Waals surface area contributed by atoms with Gasteiger partial charge in [0.1, 0.15) is 35.6 Å². The minimum atomic E-state index is -1.13. The first-order chi connectivity index (χ1) is 22.2. The molecule has 1 amide bonds. The summed E-state index contributed by atoms with van der Waals surface area (Å²) in [6, 6.07) is 9.59. The van der Waals surface area contributed by atoms with E-state index < -0.39 is 35.5 Å². The van der Waals surface area contributed by atoms with E-state index in [0.717, 1.165) is 24.8 Å². The summed E-state index contributed by atoms with van der Waals surface area (Å²) in [5.41, 5.74) is 0.196. The maximum atomic E-state index is 16.7. The molecule has 13 heteroatoms. The van der Waals surface area contributed by atoms with Crippen LogP contribution in [0.1, 0.15) is 31.2 Å². The van der Waals surface area contributed by atoms with Crippen LogP contribution in [-0.2, 0) is 0 Å². The lowest BCUT2D eigenvalue weighted by Crippen LogP contribution is -2.55. The highest BCUT2D eigenvalue weighted by Gasteiger charge is 2.49. The van der Waals surface area contributed by atoms with Crippen LogP contribution < -0.4 is 9.64 Å². The maximum Gasteiger partial charge on any atom is 0.407 e. The number of anilines is 1. The van der Waals surface area contributed by atoms with Crippen LogP contribution in [0, 0.1) is 29.9 Å². The van der Waals surface area contributed by atoms with Crippen molar-refractivity contribution >= 4 is 33.6 Å². The molecule has 0 aliphatic carbocycles. The first-order valence-electron chi connectivity index (χ1n) is 15.4. The van der Waals surface area contributed by atoms with E-state index in [2.05, 4.69) is 25.9 Å². The molecule has 2 aromatic heterocycles. The van der Waals surface area contributed by atoms with Gasteiger partial charge in [-0.05, 0) is 48.7 Å². The number of pyridine rings is 1. The van der Waals surface area contributed by atoms with Gasteiger partial charge < -0.3 is 19.6 Å². The molecule has 3 fully saturated rings. The summed E-state index contributed by atoms with van der Waals surface area (Å²) in [5, 5.41) is 20.6. The number of carbonyl (C=O) groups is 1. The van der Waals surface area contributed by atoms with Crippen LogP contribution in [0.4, 0.5) is 23.8 Å². The number of alkyl halides is 1. The zero-order chi connectivity index (χ0) is 32.2. The minimum Gasteiger partial charge on any atom is -0.465 e. The number of halogens is 3. The molecule has 10 nitrogen and oxygen atoms in total. The standard InChI is InChI=1S/C33H32F3N7O3/c1-19-25(35)7-6-20-4-2-5-23(26(19)20)28-27(36)29-24(15-38-28)30(41-12-13-43(32(44)45)22(17-41)8-10-37)40-31(39-29)46-18-33-9-3-11-42(33)16-21(34)14-33/h2,4-7,15,21-22H,3,8-9,11-14,16-18H2,1H3,(H,44,45)/t21-,22+,33+/m1/s1. The fourth-order valence-corrected chi connectivity index (χ4v) is 7.47. The molecule has 4 aromatic rings. The molecule has 3 aliphatic rings. The molecule has 2 aromatic carbocycles. The summed E-state index contributed by atoms with van der Waals surface area (Å²) >= 11 is 0. The quantitative estimate of drug-likeness (QED) is 0.296. The molecule has 0 radical (unpaired) electrons. The Hall–Kier alpha value is -4.70. The number of aromatic nitrogens is 3. The van der Waals surface area contributed by atoms with Gasteiger partial charge in [-0.15, -0.1) is 0 Å². The van der Waals surface area contributed by atoms with E-state index in [1.165, 1.54) is 17.2 Å². The van der Waals surface area contributed by atoms with Gasteiger partial charge in [0.15, 0.2) is 5.82 Å². The van der Waals surface area contributed by atoms with E-state index in [0.29, 0.717) is 35.3 Å². The Morgan fingerprint density at radius 3 is 2.83 bits per heavy atom. The number of carboxylic acid groups (broad SMARTS) is 1. The predicted octanol–water partition coefficient (Wildman–Crippen LogP) is 5.47. The molecule has 3 aliphatic heterocycles.